The Bertz CT molecular complexity index is 171. The van der Waals surface area contributed by atoms with Crippen LogP contribution in [0.5, 0.6) is 0 Å². The third-order valence-electron chi connectivity index (χ3n) is 1.93. The molecule has 0 saturated carbocycles. The van der Waals surface area contributed by atoms with E-state index in [1.807, 2.05) is 13.8 Å². The molecular formula is C10H19ClO3. The fraction of sp³-hybridized carbons (Fsp3) is 0.900. The van der Waals surface area contributed by atoms with Crippen molar-refractivity contribution in [2.75, 3.05) is 0 Å². The van der Waals surface area contributed by atoms with Crippen LogP contribution in [0.2, 0.25) is 0 Å². The van der Waals surface area contributed by atoms with E-state index in [-0.39, 0.29) is 17.5 Å². The molecule has 0 bridgehead atoms. The first-order chi connectivity index (χ1) is 6.45. The van der Waals surface area contributed by atoms with Gasteiger partial charge < -0.3 is 9.84 Å². The second-order valence-corrected chi connectivity index (χ2v) is 4.29. The third kappa shape index (κ3) is 7.15. The van der Waals surface area contributed by atoms with Gasteiger partial charge in [-0.1, -0.05) is 6.92 Å². The molecule has 0 amide bonds. The number of hydrogen-bond acceptors (Lipinski definition) is 3. The minimum atomic E-state index is -0.422. The average molecular weight is 223 g/mol. The van der Waals surface area contributed by atoms with Gasteiger partial charge in [0.25, 0.3) is 0 Å². The van der Waals surface area contributed by atoms with Crippen molar-refractivity contribution in [3.05, 3.63) is 0 Å². The number of aliphatic hydroxyl groups excluding tert-OH is 1. The summed E-state index contributed by atoms with van der Waals surface area (Å²) in [6.07, 6.45) is 1.02. The summed E-state index contributed by atoms with van der Waals surface area (Å²) < 4.78 is 5.05. The quantitative estimate of drug-likeness (QED) is 0.553. The van der Waals surface area contributed by atoms with Gasteiger partial charge in [-0.05, 0) is 13.3 Å². The summed E-state index contributed by atoms with van der Waals surface area (Å²) in [5.74, 6) is -0.324. The first kappa shape index (κ1) is 13.7. The van der Waals surface area contributed by atoms with Gasteiger partial charge in [0.1, 0.15) is 6.10 Å². The normalized spacial score (nSPS) is 17.2. The molecule has 0 aliphatic carbocycles. The van der Waals surface area contributed by atoms with Crippen LogP contribution in [-0.2, 0) is 9.53 Å². The van der Waals surface area contributed by atoms with Crippen LogP contribution in [-0.4, -0.2) is 28.7 Å². The summed E-state index contributed by atoms with van der Waals surface area (Å²) >= 11 is 5.81. The monoisotopic (exact) mass is 222 g/mol. The van der Waals surface area contributed by atoms with E-state index in [0.717, 1.165) is 0 Å². The highest BCUT2D eigenvalue weighted by Gasteiger charge is 2.18. The Morgan fingerprint density at radius 1 is 1.50 bits per heavy atom. The zero-order chi connectivity index (χ0) is 11.1. The highest BCUT2D eigenvalue weighted by Crippen LogP contribution is 2.15. The van der Waals surface area contributed by atoms with Crippen molar-refractivity contribution in [1.29, 1.82) is 0 Å². The number of hydrogen-bond donors (Lipinski definition) is 1. The lowest BCUT2D eigenvalue weighted by atomic mass is 10.1. The number of halogens is 1. The Morgan fingerprint density at radius 3 is 2.43 bits per heavy atom. The fourth-order valence-corrected chi connectivity index (χ4v) is 1.46. The van der Waals surface area contributed by atoms with Crippen molar-refractivity contribution < 1.29 is 14.6 Å². The van der Waals surface area contributed by atoms with Gasteiger partial charge in [0.15, 0.2) is 0 Å². The van der Waals surface area contributed by atoms with Crippen molar-refractivity contribution in [2.45, 2.75) is 57.6 Å². The SMILES string of the molecule is CCC(O)CC(CC(C)Cl)OC(C)=O. The fourth-order valence-electron chi connectivity index (χ4n) is 1.26. The van der Waals surface area contributed by atoms with Crippen LogP contribution in [0.1, 0.15) is 40.0 Å². The molecule has 3 unspecified atom stereocenters. The standard InChI is InChI=1S/C10H19ClO3/c1-4-9(13)6-10(5-7(2)11)14-8(3)12/h7,9-10,13H,4-6H2,1-3H3. The van der Waals surface area contributed by atoms with E-state index in [0.29, 0.717) is 19.3 Å². The molecule has 3 atom stereocenters. The first-order valence-corrected chi connectivity index (χ1v) is 5.38. The summed E-state index contributed by atoms with van der Waals surface area (Å²) in [7, 11) is 0. The van der Waals surface area contributed by atoms with Crippen molar-refractivity contribution >= 4 is 17.6 Å². The number of carbonyl (C=O) groups is 1. The molecular weight excluding hydrogens is 204 g/mol. The van der Waals surface area contributed by atoms with E-state index >= 15 is 0 Å². The summed E-state index contributed by atoms with van der Waals surface area (Å²) in [6, 6.07) is 0. The Morgan fingerprint density at radius 2 is 2.07 bits per heavy atom. The van der Waals surface area contributed by atoms with Gasteiger partial charge in [0, 0.05) is 25.1 Å². The molecule has 0 aliphatic heterocycles. The number of rotatable bonds is 6. The van der Waals surface area contributed by atoms with Gasteiger partial charge in [-0.25, -0.2) is 0 Å². The number of carbonyl (C=O) groups excluding carboxylic acids is 1. The molecule has 0 saturated heterocycles. The van der Waals surface area contributed by atoms with E-state index in [2.05, 4.69) is 0 Å². The number of ether oxygens (including phenoxy) is 1. The van der Waals surface area contributed by atoms with Crippen LogP contribution in [0, 0.1) is 0 Å². The lowest BCUT2D eigenvalue weighted by Crippen LogP contribution is -2.24. The molecule has 0 aromatic carbocycles. The van der Waals surface area contributed by atoms with Gasteiger partial charge in [-0.3, -0.25) is 4.79 Å². The van der Waals surface area contributed by atoms with E-state index in [4.69, 9.17) is 16.3 Å². The number of alkyl halides is 1. The van der Waals surface area contributed by atoms with Gasteiger partial charge >= 0.3 is 5.97 Å². The van der Waals surface area contributed by atoms with Gasteiger partial charge in [-0.15, -0.1) is 11.6 Å². The predicted octanol–water partition coefficient (Wildman–Crippen LogP) is 2.10. The Hall–Kier alpha value is -0.280. The lowest BCUT2D eigenvalue weighted by Gasteiger charge is -2.20. The molecule has 0 heterocycles. The molecule has 4 heteroatoms. The topological polar surface area (TPSA) is 46.5 Å². The van der Waals surface area contributed by atoms with Crippen LogP contribution in [0.25, 0.3) is 0 Å². The average Bonchev–Trinajstić information content (AvgIpc) is 2.01. The zero-order valence-corrected chi connectivity index (χ0v) is 9.75. The molecule has 0 aromatic heterocycles. The zero-order valence-electron chi connectivity index (χ0n) is 9.00. The minimum Gasteiger partial charge on any atom is -0.462 e. The van der Waals surface area contributed by atoms with Crippen molar-refractivity contribution in [1.82, 2.24) is 0 Å². The summed E-state index contributed by atoms with van der Waals surface area (Å²) in [5.41, 5.74) is 0. The molecule has 3 nitrogen and oxygen atoms in total. The lowest BCUT2D eigenvalue weighted by molar-refractivity contribution is -0.148. The summed E-state index contributed by atoms with van der Waals surface area (Å²) in [4.78, 5) is 10.8. The van der Waals surface area contributed by atoms with Gasteiger partial charge in [-0.2, -0.15) is 0 Å². The number of aliphatic hydroxyl groups is 1. The smallest absolute Gasteiger partial charge is 0.302 e. The van der Waals surface area contributed by atoms with E-state index in [9.17, 15) is 9.90 Å². The van der Waals surface area contributed by atoms with Crippen LogP contribution in [0.4, 0.5) is 0 Å². The number of esters is 1. The highest BCUT2D eigenvalue weighted by atomic mass is 35.5. The second-order valence-electron chi connectivity index (χ2n) is 3.55. The summed E-state index contributed by atoms with van der Waals surface area (Å²) in [6.45, 7) is 5.10. The molecule has 0 radical (unpaired) electrons. The summed E-state index contributed by atoms with van der Waals surface area (Å²) in [5, 5.41) is 9.37. The van der Waals surface area contributed by atoms with Crippen LogP contribution in [0.15, 0.2) is 0 Å². The van der Waals surface area contributed by atoms with Gasteiger partial charge in [0.2, 0.25) is 0 Å². The largest absolute Gasteiger partial charge is 0.462 e. The Labute approximate surface area is 90.4 Å². The Balaban J connectivity index is 4.03. The third-order valence-corrected chi connectivity index (χ3v) is 2.10. The van der Waals surface area contributed by atoms with Crippen LogP contribution >= 0.6 is 11.6 Å². The molecule has 0 aromatic rings. The molecule has 0 rings (SSSR count). The highest BCUT2D eigenvalue weighted by molar-refractivity contribution is 6.20. The van der Waals surface area contributed by atoms with E-state index in [1.54, 1.807) is 0 Å². The Kier molecular flexibility index (Phi) is 6.93. The van der Waals surface area contributed by atoms with Crippen molar-refractivity contribution in [3.8, 4) is 0 Å². The predicted molar refractivity (Wildman–Crippen MR) is 56.4 cm³/mol. The first-order valence-electron chi connectivity index (χ1n) is 4.95. The molecule has 0 spiro atoms. The molecule has 0 fully saturated rings. The molecule has 1 N–H and O–H groups in total. The molecule has 84 valence electrons. The van der Waals surface area contributed by atoms with Crippen LogP contribution in [0.3, 0.4) is 0 Å². The van der Waals surface area contributed by atoms with Crippen LogP contribution < -0.4 is 0 Å². The van der Waals surface area contributed by atoms with Crippen molar-refractivity contribution in [2.24, 2.45) is 0 Å². The molecule has 14 heavy (non-hydrogen) atoms. The van der Waals surface area contributed by atoms with E-state index < -0.39 is 6.10 Å². The second kappa shape index (κ2) is 7.07. The van der Waals surface area contributed by atoms with Gasteiger partial charge in [0.05, 0.1) is 6.10 Å². The van der Waals surface area contributed by atoms with Crippen molar-refractivity contribution in [3.63, 3.8) is 0 Å². The maximum atomic E-state index is 10.8. The molecule has 0 aliphatic rings. The minimum absolute atomic E-state index is 0.0524. The maximum Gasteiger partial charge on any atom is 0.302 e. The van der Waals surface area contributed by atoms with E-state index in [1.165, 1.54) is 6.92 Å². The maximum absolute atomic E-state index is 10.8.